The van der Waals surface area contributed by atoms with Gasteiger partial charge in [0.1, 0.15) is 5.82 Å². The summed E-state index contributed by atoms with van der Waals surface area (Å²) in [6.45, 7) is 10.4. The number of halogens is 1. The number of rotatable bonds is 9. The zero-order valence-corrected chi connectivity index (χ0v) is 26.9. The number of hydrogen-bond donors (Lipinski definition) is 1. The number of nitrogens with one attached hydrogen (secondary N) is 1. The number of hydrogen-bond acceptors (Lipinski definition) is 8. The van der Waals surface area contributed by atoms with Crippen molar-refractivity contribution in [2.75, 3.05) is 72.4 Å². The third-order valence-electron chi connectivity index (χ3n) is 8.13. The van der Waals surface area contributed by atoms with E-state index in [4.69, 9.17) is 0 Å². The minimum absolute atomic E-state index is 0.0797. The molecule has 0 aromatic heterocycles. The Kier molecular flexibility index (Phi) is 15.5. The predicted molar refractivity (Wildman–Crippen MR) is 172 cm³/mol. The molecule has 4 rings (SSSR count). The summed E-state index contributed by atoms with van der Waals surface area (Å²) in [6, 6.07) is 8.62. The molecule has 2 fully saturated rings. The van der Waals surface area contributed by atoms with Crippen LogP contribution in [0.3, 0.4) is 0 Å². The number of benzene rings is 2. The number of non-ortho nitro benzene ring substituents is 2. The Labute approximate surface area is 256 Å². The summed E-state index contributed by atoms with van der Waals surface area (Å²) >= 11 is 0. The van der Waals surface area contributed by atoms with Gasteiger partial charge in [0, 0.05) is 43.0 Å². The van der Waals surface area contributed by atoms with Crippen LogP contribution in [0, 0.1) is 51.7 Å². The van der Waals surface area contributed by atoms with E-state index >= 15 is 0 Å². The SMILES string of the molecule is CN(C)CCC1CCNCC1.Cc1cc([N+](=O)[O-])ccc1F.Cc1cc([N+](=O)[O-])ccc1N1CCC(CCN(C)C)CC1. The normalized spacial score (nSPS) is 15.9. The van der Waals surface area contributed by atoms with E-state index in [2.05, 4.69) is 48.2 Å². The molecule has 0 spiro atoms. The fourth-order valence-corrected chi connectivity index (χ4v) is 5.36. The minimum atomic E-state index is -0.549. The second-order valence-corrected chi connectivity index (χ2v) is 12.2. The molecule has 0 radical (unpaired) electrons. The van der Waals surface area contributed by atoms with Crippen LogP contribution in [-0.4, -0.2) is 87.1 Å². The summed E-state index contributed by atoms with van der Waals surface area (Å²) in [5.41, 5.74) is 2.53. The number of anilines is 1. The summed E-state index contributed by atoms with van der Waals surface area (Å²) in [5, 5.41) is 24.3. The lowest BCUT2D eigenvalue weighted by Crippen LogP contribution is -2.35. The topological polar surface area (TPSA) is 108 Å². The van der Waals surface area contributed by atoms with Gasteiger partial charge >= 0.3 is 0 Å². The molecule has 11 heteroatoms. The standard InChI is InChI=1S/C16H25N3O2.C9H20N2.C7H6FNO2/c1-13-12-15(19(20)21)4-5-16(13)18-10-7-14(8-11-18)6-9-17(2)3;1-11(2)8-5-9-3-6-10-7-4-9;1-5-4-6(9(10)11)2-3-7(5)8/h4-5,12,14H,6-11H2,1-3H3;9-10H,3-8H2,1-2H3;2-4H,1H3. The van der Waals surface area contributed by atoms with Crippen LogP contribution in [-0.2, 0) is 0 Å². The molecule has 2 aromatic carbocycles. The summed E-state index contributed by atoms with van der Waals surface area (Å²) in [7, 11) is 8.55. The van der Waals surface area contributed by atoms with Gasteiger partial charge in [-0.3, -0.25) is 20.2 Å². The summed E-state index contributed by atoms with van der Waals surface area (Å²) in [4.78, 5) is 27.0. The van der Waals surface area contributed by atoms with E-state index < -0.39 is 10.7 Å². The van der Waals surface area contributed by atoms with Crippen molar-refractivity contribution in [3.8, 4) is 0 Å². The maximum Gasteiger partial charge on any atom is 0.269 e. The van der Waals surface area contributed by atoms with E-state index in [1.54, 1.807) is 12.1 Å². The van der Waals surface area contributed by atoms with Gasteiger partial charge in [0.25, 0.3) is 11.4 Å². The highest BCUT2D eigenvalue weighted by Gasteiger charge is 2.21. The molecule has 0 saturated carbocycles. The maximum atomic E-state index is 12.5. The number of aryl methyl sites for hydroxylation is 2. The molecule has 2 heterocycles. The van der Waals surface area contributed by atoms with E-state index in [0.29, 0.717) is 5.56 Å². The Hall–Kier alpha value is -3.15. The van der Waals surface area contributed by atoms with Crippen LogP contribution in [0.5, 0.6) is 0 Å². The molecule has 2 aliphatic heterocycles. The molecule has 2 aliphatic rings. The fraction of sp³-hybridized carbons (Fsp3) is 0.625. The van der Waals surface area contributed by atoms with Gasteiger partial charge < -0.3 is 20.0 Å². The van der Waals surface area contributed by atoms with Crippen molar-refractivity contribution in [3.05, 3.63) is 73.6 Å². The van der Waals surface area contributed by atoms with Crippen LogP contribution in [0.4, 0.5) is 21.5 Å². The summed E-state index contributed by atoms with van der Waals surface area (Å²) in [5.74, 6) is 1.37. The summed E-state index contributed by atoms with van der Waals surface area (Å²) in [6.07, 6.45) is 7.84. The fourth-order valence-electron chi connectivity index (χ4n) is 5.36. The molecule has 240 valence electrons. The quantitative estimate of drug-likeness (QED) is 0.273. The van der Waals surface area contributed by atoms with E-state index in [9.17, 15) is 24.6 Å². The van der Waals surface area contributed by atoms with Crippen LogP contribution in [0.15, 0.2) is 36.4 Å². The van der Waals surface area contributed by atoms with Gasteiger partial charge in [0.2, 0.25) is 0 Å². The average molecular weight is 603 g/mol. The second kappa shape index (κ2) is 18.5. The van der Waals surface area contributed by atoms with Crippen LogP contribution in [0.1, 0.15) is 49.7 Å². The van der Waals surface area contributed by atoms with Gasteiger partial charge in [0.05, 0.1) is 9.85 Å². The van der Waals surface area contributed by atoms with Crippen LogP contribution >= 0.6 is 0 Å². The van der Waals surface area contributed by atoms with Crippen LogP contribution < -0.4 is 10.2 Å². The number of nitro groups is 2. The first-order valence-corrected chi connectivity index (χ1v) is 15.3. The summed E-state index contributed by atoms with van der Waals surface area (Å²) < 4.78 is 12.5. The van der Waals surface area contributed by atoms with Crippen molar-refractivity contribution in [2.45, 2.75) is 52.4 Å². The Morgan fingerprint density at radius 1 is 0.791 bits per heavy atom. The minimum Gasteiger partial charge on any atom is -0.371 e. The number of nitrogens with zero attached hydrogens (tertiary/aromatic N) is 5. The van der Waals surface area contributed by atoms with Crippen molar-refractivity contribution in [1.82, 2.24) is 15.1 Å². The average Bonchev–Trinajstić information content (AvgIpc) is 2.98. The molecule has 0 amide bonds. The second-order valence-electron chi connectivity index (χ2n) is 12.2. The van der Waals surface area contributed by atoms with Gasteiger partial charge in [-0.15, -0.1) is 0 Å². The lowest BCUT2D eigenvalue weighted by atomic mass is 9.93. The van der Waals surface area contributed by atoms with E-state index in [1.807, 2.05) is 13.0 Å². The molecule has 1 N–H and O–H groups in total. The van der Waals surface area contributed by atoms with Gasteiger partial charge in [-0.25, -0.2) is 4.39 Å². The number of piperidine rings is 2. The Morgan fingerprint density at radius 2 is 1.26 bits per heavy atom. The monoisotopic (exact) mass is 602 g/mol. The van der Waals surface area contributed by atoms with Crippen LogP contribution in [0.2, 0.25) is 0 Å². The highest BCUT2D eigenvalue weighted by Crippen LogP contribution is 2.29. The largest absolute Gasteiger partial charge is 0.371 e. The van der Waals surface area contributed by atoms with Gasteiger partial charge in [-0.1, -0.05) is 0 Å². The Balaban J connectivity index is 0.000000247. The highest BCUT2D eigenvalue weighted by atomic mass is 19.1. The molecule has 0 atom stereocenters. The molecular weight excluding hydrogens is 551 g/mol. The highest BCUT2D eigenvalue weighted by molar-refractivity contribution is 5.57. The smallest absolute Gasteiger partial charge is 0.269 e. The predicted octanol–water partition coefficient (Wildman–Crippen LogP) is 6.05. The maximum absolute atomic E-state index is 12.5. The molecule has 0 aliphatic carbocycles. The molecular formula is C32H51FN6O4. The van der Waals surface area contributed by atoms with Crippen molar-refractivity contribution in [2.24, 2.45) is 11.8 Å². The first-order valence-electron chi connectivity index (χ1n) is 15.3. The van der Waals surface area contributed by atoms with Gasteiger partial charge in [-0.05, 0) is 142 Å². The van der Waals surface area contributed by atoms with Gasteiger partial charge in [-0.2, -0.15) is 0 Å². The van der Waals surface area contributed by atoms with Crippen molar-refractivity contribution >= 4 is 17.1 Å². The van der Waals surface area contributed by atoms with Gasteiger partial charge in [0.15, 0.2) is 0 Å². The first kappa shape index (κ1) is 36.0. The van der Waals surface area contributed by atoms with Crippen molar-refractivity contribution < 1.29 is 14.2 Å². The molecule has 10 nitrogen and oxygen atoms in total. The van der Waals surface area contributed by atoms with E-state index in [1.165, 1.54) is 71.1 Å². The molecule has 2 aromatic rings. The van der Waals surface area contributed by atoms with Crippen molar-refractivity contribution in [3.63, 3.8) is 0 Å². The first-order chi connectivity index (χ1) is 20.4. The molecule has 2 saturated heterocycles. The van der Waals surface area contributed by atoms with E-state index in [-0.39, 0.29) is 16.3 Å². The van der Waals surface area contributed by atoms with Crippen molar-refractivity contribution in [1.29, 1.82) is 0 Å². The van der Waals surface area contributed by atoms with Crippen LogP contribution in [0.25, 0.3) is 0 Å². The lowest BCUT2D eigenvalue weighted by molar-refractivity contribution is -0.385. The lowest BCUT2D eigenvalue weighted by Gasteiger charge is -2.34. The molecule has 43 heavy (non-hydrogen) atoms. The van der Waals surface area contributed by atoms with E-state index in [0.717, 1.165) is 54.9 Å². The third-order valence-corrected chi connectivity index (χ3v) is 8.13. The molecule has 0 bridgehead atoms. The third kappa shape index (κ3) is 13.4. The number of nitro benzene ring substituents is 2. The zero-order chi connectivity index (χ0) is 31.9. The molecule has 0 unspecified atom stereocenters. The Bertz CT molecular complexity index is 1150. The Morgan fingerprint density at radius 3 is 1.70 bits per heavy atom. The zero-order valence-electron chi connectivity index (χ0n) is 26.9.